The summed E-state index contributed by atoms with van der Waals surface area (Å²) in [6, 6.07) is 7.69. The molecule has 0 radical (unpaired) electrons. The Labute approximate surface area is 104 Å². The first-order valence-corrected chi connectivity index (χ1v) is 5.83. The highest BCUT2D eigenvalue weighted by molar-refractivity contribution is 9.10. The third kappa shape index (κ3) is 4.62. The number of ether oxygens (including phenoxy) is 1. The van der Waals surface area contributed by atoms with E-state index in [0.29, 0.717) is 0 Å². The van der Waals surface area contributed by atoms with Gasteiger partial charge in [0.25, 0.3) is 0 Å². The van der Waals surface area contributed by atoms with Gasteiger partial charge in [-0.15, -0.1) is 0 Å². The molecular weight excluding hydrogens is 268 g/mol. The first-order valence-electron chi connectivity index (χ1n) is 5.04. The van der Waals surface area contributed by atoms with E-state index in [-0.39, 0.29) is 5.97 Å². The van der Waals surface area contributed by atoms with Crippen molar-refractivity contribution in [3.63, 3.8) is 0 Å². The molecule has 0 aromatic heterocycles. The fourth-order valence-corrected chi connectivity index (χ4v) is 1.52. The Morgan fingerprint density at radius 2 is 1.94 bits per heavy atom. The standard InChI is InChI=1S/C13H15BrO2/c1-13(2,3)16-12(15)9-8-10-6-4-5-7-11(10)14/h4-9H,1-3H3/b9-8+. The zero-order valence-corrected chi connectivity index (χ0v) is 11.2. The highest BCUT2D eigenvalue weighted by Crippen LogP contribution is 2.17. The molecule has 0 bridgehead atoms. The van der Waals surface area contributed by atoms with E-state index in [2.05, 4.69) is 15.9 Å². The highest BCUT2D eigenvalue weighted by Gasteiger charge is 2.13. The summed E-state index contributed by atoms with van der Waals surface area (Å²) in [6.45, 7) is 5.53. The van der Waals surface area contributed by atoms with Crippen LogP contribution >= 0.6 is 15.9 Å². The van der Waals surface area contributed by atoms with Gasteiger partial charge in [0, 0.05) is 10.5 Å². The molecule has 0 aliphatic heterocycles. The number of benzene rings is 1. The number of hydrogen-bond donors (Lipinski definition) is 0. The third-order valence-corrected chi connectivity index (χ3v) is 2.43. The molecular formula is C13H15BrO2. The van der Waals surface area contributed by atoms with Crippen LogP contribution in [0.5, 0.6) is 0 Å². The Hall–Kier alpha value is -1.09. The van der Waals surface area contributed by atoms with Crippen molar-refractivity contribution < 1.29 is 9.53 Å². The monoisotopic (exact) mass is 282 g/mol. The van der Waals surface area contributed by atoms with Crippen molar-refractivity contribution >= 4 is 28.0 Å². The van der Waals surface area contributed by atoms with Crippen molar-refractivity contribution in [2.45, 2.75) is 26.4 Å². The number of halogens is 1. The van der Waals surface area contributed by atoms with E-state index in [1.54, 1.807) is 6.08 Å². The largest absolute Gasteiger partial charge is 0.457 e. The van der Waals surface area contributed by atoms with Gasteiger partial charge >= 0.3 is 5.97 Å². The van der Waals surface area contributed by atoms with Crippen LogP contribution in [0.15, 0.2) is 34.8 Å². The third-order valence-electron chi connectivity index (χ3n) is 1.71. The van der Waals surface area contributed by atoms with Crippen LogP contribution in [-0.4, -0.2) is 11.6 Å². The number of hydrogen-bond acceptors (Lipinski definition) is 2. The average Bonchev–Trinajstić information content (AvgIpc) is 2.14. The minimum atomic E-state index is -0.449. The van der Waals surface area contributed by atoms with Crippen molar-refractivity contribution in [1.29, 1.82) is 0 Å². The van der Waals surface area contributed by atoms with Crippen LogP contribution in [0.3, 0.4) is 0 Å². The normalized spacial score (nSPS) is 11.8. The molecule has 1 aromatic rings. The SMILES string of the molecule is CC(C)(C)OC(=O)/C=C/c1ccccc1Br. The fourth-order valence-electron chi connectivity index (χ4n) is 1.10. The van der Waals surface area contributed by atoms with Gasteiger partial charge in [0.15, 0.2) is 0 Å². The molecule has 0 N–H and O–H groups in total. The van der Waals surface area contributed by atoms with Crippen molar-refractivity contribution in [2.24, 2.45) is 0 Å². The Kier molecular flexibility index (Phi) is 4.30. The summed E-state index contributed by atoms with van der Waals surface area (Å²) >= 11 is 3.40. The molecule has 0 fully saturated rings. The lowest BCUT2D eigenvalue weighted by Gasteiger charge is -2.17. The molecule has 16 heavy (non-hydrogen) atoms. The van der Waals surface area contributed by atoms with E-state index < -0.39 is 5.60 Å². The van der Waals surface area contributed by atoms with E-state index in [9.17, 15) is 4.79 Å². The molecule has 0 spiro atoms. The van der Waals surface area contributed by atoms with E-state index in [1.807, 2.05) is 45.0 Å². The predicted molar refractivity (Wildman–Crippen MR) is 69.0 cm³/mol. The molecule has 86 valence electrons. The number of carbonyl (C=O) groups is 1. The molecule has 0 atom stereocenters. The Bertz CT molecular complexity index is 403. The second-order valence-corrected chi connectivity index (χ2v) is 5.24. The summed E-state index contributed by atoms with van der Waals surface area (Å²) in [5, 5.41) is 0. The molecule has 0 saturated carbocycles. The molecule has 1 aromatic carbocycles. The van der Waals surface area contributed by atoms with Gasteiger partial charge in [-0.05, 0) is 38.5 Å². The topological polar surface area (TPSA) is 26.3 Å². The molecule has 2 nitrogen and oxygen atoms in total. The lowest BCUT2D eigenvalue weighted by Crippen LogP contribution is -2.22. The van der Waals surface area contributed by atoms with Crippen LogP contribution in [0.4, 0.5) is 0 Å². The Balaban J connectivity index is 2.68. The first kappa shape index (κ1) is 13.0. The summed E-state index contributed by atoms with van der Waals surface area (Å²) in [7, 11) is 0. The molecule has 0 heterocycles. The van der Waals surface area contributed by atoms with Gasteiger partial charge in [0.05, 0.1) is 0 Å². The zero-order valence-electron chi connectivity index (χ0n) is 9.66. The van der Waals surface area contributed by atoms with Crippen molar-refractivity contribution in [3.05, 3.63) is 40.4 Å². The predicted octanol–water partition coefficient (Wildman–Crippen LogP) is 3.80. The van der Waals surface area contributed by atoms with Gasteiger partial charge < -0.3 is 4.74 Å². The van der Waals surface area contributed by atoms with Gasteiger partial charge in [-0.1, -0.05) is 34.1 Å². The second kappa shape index (κ2) is 5.30. The summed E-state index contributed by atoms with van der Waals surface area (Å²) in [5.74, 6) is -0.330. The molecule has 0 saturated heterocycles. The van der Waals surface area contributed by atoms with Crippen molar-refractivity contribution in [3.8, 4) is 0 Å². The summed E-state index contributed by atoms with van der Waals surface area (Å²) in [6.07, 6.45) is 3.17. The fraction of sp³-hybridized carbons (Fsp3) is 0.308. The quantitative estimate of drug-likeness (QED) is 0.609. The van der Waals surface area contributed by atoms with Gasteiger partial charge in [0.2, 0.25) is 0 Å². The second-order valence-electron chi connectivity index (χ2n) is 4.39. The number of carbonyl (C=O) groups excluding carboxylic acids is 1. The van der Waals surface area contributed by atoms with E-state index in [0.717, 1.165) is 10.0 Å². The van der Waals surface area contributed by atoms with E-state index in [1.165, 1.54) is 6.08 Å². The summed E-state index contributed by atoms with van der Waals surface area (Å²) in [5.41, 5.74) is 0.503. The maximum absolute atomic E-state index is 11.4. The van der Waals surface area contributed by atoms with Crippen LogP contribution in [0.1, 0.15) is 26.3 Å². The minimum Gasteiger partial charge on any atom is -0.457 e. The lowest BCUT2D eigenvalue weighted by molar-refractivity contribution is -0.148. The van der Waals surface area contributed by atoms with Gasteiger partial charge in [-0.3, -0.25) is 0 Å². The highest BCUT2D eigenvalue weighted by atomic mass is 79.9. The van der Waals surface area contributed by atoms with Gasteiger partial charge in [-0.2, -0.15) is 0 Å². The number of esters is 1. The van der Waals surface area contributed by atoms with E-state index in [4.69, 9.17) is 4.74 Å². The maximum Gasteiger partial charge on any atom is 0.331 e. The maximum atomic E-state index is 11.4. The Morgan fingerprint density at radius 1 is 1.31 bits per heavy atom. The van der Waals surface area contributed by atoms with Crippen molar-refractivity contribution in [2.75, 3.05) is 0 Å². The van der Waals surface area contributed by atoms with Crippen LogP contribution < -0.4 is 0 Å². The Morgan fingerprint density at radius 3 is 2.50 bits per heavy atom. The minimum absolute atomic E-state index is 0.330. The average molecular weight is 283 g/mol. The lowest BCUT2D eigenvalue weighted by atomic mass is 10.2. The zero-order chi connectivity index (χ0) is 12.2. The van der Waals surface area contributed by atoms with Crippen LogP contribution in [0.25, 0.3) is 6.08 Å². The number of rotatable bonds is 2. The van der Waals surface area contributed by atoms with Crippen LogP contribution in [0, 0.1) is 0 Å². The van der Waals surface area contributed by atoms with Crippen LogP contribution in [0.2, 0.25) is 0 Å². The smallest absolute Gasteiger partial charge is 0.331 e. The molecule has 1 rings (SSSR count). The molecule has 0 aliphatic carbocycles. The molecule has 3 heteroatoms. The molecule has 0 unspecified atom stereocenters. The summed E-state index contributed by atoms with van der Waals surface area (Å²) in [4.78, 5) is 11.4. The van der Waals surface area contributed by atoms with Crippen LogP contribution in [-0.2, 0) is 9.53 Å². The van der Waals surface area contributed by atoms with Crippen molar-refractivity contribution in [1.82, 2.24) is 0 Å². The van der Waals surface area contributed by atoms with Gasteiger partial charge in [-0.25, -0.2) is 4.79 Å². The van der Waals surface area contributed by atoms with E-state index >= 15 is 0 Å². The molecule has 0 amide bonds. The first-order chi connectivity index (χ1) is 7.38. The van der Waals surface area contributed by atoms with Gasteiger partial charge in [0.1, 0.15) is 5.60 Å². The molecule has 0 aliphatic rings. The summed E-state index contributed by atoms with van der Waals surface area (Å²) < 4.78 is 6.11.